The fourth-order valence-corrected chi connectivity index (χ4v) is 2.68. The average Bonchev–Trinajstić information content (AvgIpc) is 2.66. The van der Waals surface area contributed by atoms with Crippen LogP contribution >= 0.6 is 11.6 Å². The second kappa shape index (κ2) is 9.53. The number of carbonyl (C=O) groups is 2. The van der Waals surface area contributed by atoms with Crippen LogP contribution in [-0.2, 0) is 4.79 Å². The Labute approximate surface area is 165 Å². The normalized spacial score (nSPS) is 13.1. The zero-order chi connectivity index (χ0) is 20.0. The number of benzene rings is 2. The van der Waals surface area contributed by atoms with Crippen molar-refractivity contribution in [3.63, 3.8) is 0 Å². The highest BCUT2D eigenvalue weighted by atomic mass is 35.5. The van der Waals surface area contributed by atoms with Crippen molar-refractivity contribution in [2.24, 2.45) is 5.73 Å². The molecule has 2 amide bonds. The van der Waals surface area contributed by atoms with Gasteiger partial charge in [-0.3, -0.25) is 9.59 Å². The summed E-state index contributed by atoms with van der Waals surface area (Å²) in [5.74, 6) is -0.158. The Morgan fingerprint density at radius 1 is 0.963 bits per heavy atom. The molecule has 2 unspecified atom stereocenters. The first-order chi connectivity index (χ1) is 12.8. The highest BCUT2D eigenvalue weighted by Gasteiger charge is 2.17. The second-order valence-electron chi connectivity index (χ2n) is 6.88. The van der Waals surface area contributed by atoms with Crippen LogP contribution in [0.2, 0.25) is 5.02 Å². The molecule has 0 spiro atoms. The van der Waals surface area contributed by atoms with Gasteiger partial charge in [0.1, 0.15) is 6.04 Å². The van der Waals surface area contributed by atoms with Crippen molar-refractivity contribution in [3.8, 4) is 0 Å². The number of hydrogen-bond donors (Lipinski definition) is 3. The first-order valence-corrected chi connectivity index (χ1v) is 9.35. The molecule has 0 bridgehead atoms. The largest absolute Gasteiger partial charge is 0.352 e. The maximum Gasteiger partial charge on any atom is 0.251 e. The topological polar surface area (TPSA) is 84.2 Å². The van der Waals surface area contributed by atoms with Crippen molar-refractivity contribution in [1.29, 1.82) is 0 Å². The van der Waals surface area contributed by atoms with E-state index < -0.39 is 6.04 Å². The summed E-state index contributed by atoms with van der Waals surface area (Å²) in [6.45, 7) is 6.19. The molecule has 0 aliphatic carbocycles. The molecule has 0 heterocycles. The van der Waals surface area contributed by atoms with Gasteiger partial charge in [-0.25, -0.2) is 0 Å². The molecule has 5 nitrogen and oxygen atoms in total. The van der Waals surface area contributed by atoms with Crippen molar-refractivity contribution in [1.82, 2.24) is 10.6 Å². The summed E-state index contributed by atoms with van der Waals surface area (Å²) in [5, 5.41) is 6.00. The summed E-state index contributed by atoms with van der Waals surface area (Å²) in [5.41, 5.74) is 8.81. The van der Waals surface area contributed by atoms with Gasteiger partial charge in [0, 0.05) is 23.2 Å². The quantitative estimate of drug-likeness (QED) is 0.680. The van der Waals surface area contributed by atoms with Crippen LogP contribution in [0.1, 0.15) is 54.2 Å². The Morgan fingerprint density at radius 3 is 2.07 bits per heavy atom. The maximum absolute atomic E-state index is 12.2. The van der Waals surface area contributed by atoms with Crippen molar-refractivity contribution >= 4 is 23.4 Å². The number of nitrogens with two attached hydrogens (primary N) is 1. The lowest BCUT2D eigenvalue weighted by Crippen LogP contribution is -2.46. The molecule has 0 saturated carbocycles. The molecule has 2 atom stereocenters. The Kier molecular flexibility index (Phi) is 7.39. The Morgan fingerprint density at radius 2 is 1.52 bits per heavy atom. The minimum Gasteiger partial charge on any atom is -0.352 e. The van der Waals surface area contributed by atoms with Gasteiger partial charge < -0.3 is 16.4 Å². The summed E-state index contributed by atoms with van der Waals surface area (Å²) in [6, 6.07) is 13.6. The summed E-state index contributed by atoms with van der Waals surface area (Å²) in [4.78, 5) is 24.4. The van der Waals surface area contributed by atoms with E-state index >= 15 is 0 Å². The minimum atomic E-state index is -0.677. The predicted molar refractivity (Wildman–Crippen MR) is 109 cm³/mol. The summed E-state index contributed by atoms with van der Waals surface area (Å²) in [6.07, 6.45) is 0. The molecule has 2 aromatic rings. The van der Waals surface area contributed by atoms with Crippen molar-refractivity contribution < 1.29 is 9.59 Å². The van der Waals surface area contributed by atoms with E-state index in [0.717, 1.165) is 5.56 Å². The van der Waals surface area contributed by atoms with Crippen LogP contribution in [-0.4, -0.2) is 24.4 Å². The van der Waals surface area contributed by atoms with Gasteiger partial charge in [-0.05, 0) is 48.2 Å². The molecule has 27 heavy (non-hydrogen) atoms. The van der Waals surface area contributed by atoms with Gasteiger partial charge >= 0.3 is 0 Å². The van der Waals surface area contributed by atoms with E-state index in [1.165, 1.54) is 5.56 Å². The molecular weight excluding hydrogens is 362 g/mol. The number of halogens is 1. The number of carbonyl (C=O) groups excluding carboxylic acids is 2. The van der Waals surface area contributed by atoms with Crippen LogP contribution in [0.3, 0.4) is 0 Å². The Bertz CT molecular complexity index is 773. The number of nitrogens with one attached hydrogen (secondary N) is 2. The molecule has 0 aromatic heterocycles. The van der Waals surface area contributed by atoms with Gasteiger partial charge in [-0.1, -0.05) is 49.7 Å². The molecule has 2 rings (SSSR count). The zero-order valence-electron chi connectivity index (χ0n) is 15.8. The summed E-state index contributed by atoms with van der Waals surface area (Å²) < 4.78 is 0. The predicted octanol–water partition coefficient (Wildman–Crippen LogP) is 3.40. The number of amides is 2. The molecular formula is C21H26ClN3O2. The molecule has 0 aliphatic rings. The van der Waals surface area contributed by atoms with E-state index in [1.54, 1.807) is 31.2 Å². The van der Waals surface area contributed by atoms with Gasteiger partial charge in [0.25, 0.3) is 5.91 Å². The highest BCUT2D eigenvalue weighted by molar-refractivity contribution is 6.30. The molecule has 144 valence electrons. The minimum absolute atomic E-state index is 0.286. The SMILES string of the molecule is CC(NC(=O)c1ccc(Cl)cc1)C(=O)NCC(N)c1ccc(C(C)C)cc1. The Hall–Kier alpha value is -2.37. The van der Waals surface area contributed by atoms with Crippen LogP contribution in [0.25, 0.3) is 0 Å². The molecule has 0 aliphatic heterocycles. The third kappa shape index (κ3) is 6.08. The van der Waals surface area contributed by atoms with E-state index in [0.29, 0.717) is 23.0 Å². The number of hydrogen-bond acceptors (Lipinski definition) is 3. The van der Waals surface area contributed by atoms with Crippen LogP contribution in [0.5, 0.6) is 0 Å². The summed E-state index contributed by atoms with van der Waals surface area (Å²) in [7, 11) is 0. The van der Waals surface area contributed by atoms with Gasteiger partial charge in [0.2, 0.25) is 5.91 Å². The van der Waals surface area contributed by atoms with Crippen LogP contribution in [0.4, 0.5) is 0 Å². The number of rotatable bonds is 7. The van der Waals surface area contributed by atoms with E-state index in [-0.39, 0.29) is 17.9 Å². The van der Waals surface area contributed by atoms with Gasteiger partial charge in [-0.2, -0.15) is 0 Å². The van der Waals surface area contributed by atoms with E-state index in [1.807, 2.05) is 12.1 Å². The van der Waals surface area contributed by atoms with E-state index in [4.69, 9.17) is 17.3 Å². The first kappa shape index (κ1) is 20.9. The lowest BCUT2D eigenvalue weighted by atomic mass is 9.99. The van der Waals surface area contributed by atoms with Crippen molar-refractivity contribution in [2.45, 2.75) is 38.8 Å². The molecule has 0 radical (unpaired) electrons. The molecule has 0 saturated heterocycles. The molecule has 4 N–H and O–H groups in total. The summed E-state index contributed by atoms with van der Waals surface area (Å²) >= 11 is 5.81. The molecule has 2 aromatic carbocycles. The monoisotopic (exact) mass is 387 g/mol. The molecule has 0 fully saturated rings. The van der Waals surface area contributed by atoms with Crippen molar-refractivity contribution in [2.75, 3.05) is 6.54 Å². The third-order valence-electron chi connectivity index (χ3n) is 4.37. The maximum atomic E-state index is 12.2. The smallest absolute Gasteiger partial charge is 0.251 e. The van der Waals surface area contributed by atoms with Crippen LogP contribution in [0, 0.1) is 0 Å². The third-order valence-corrected chi connectivity index (χ3v) is 4.63. The fraction of sp³-hybridized carbons (Fsp3) is 0.333. The van der Waals surface area contributed by atoms with Gasteiger partial charge in [0.15, 0.2) is 0 Å². The van der Waals surface area contributed by atoms with Crippen LogP contribution in [0.15, 0.2) is 48.5 Å². The lowest BCUT2D eigenvalue weighted by molar-refractivity contribution is -0.122. The van der Waals surface area contributed by atoms with Crippen LogP contribution < -0.4 is 16.4 Å². The van der Waals surface area contributed by atoms with Gasteiger partial charge in [-0.15, -0.1) is 0 Å². The molecule has 6 heteroatoms. The second-order valence-corrected chi connectivity index (χ2v) is 7.31. The standard InChI is InChI=1S/C21H26ClN3O2/c1-13(2)15-4-6-16(7-5-15)19(23)12-24-20(26)14(3)25-21(27)17-8-10-18(22)11-9-17/h4-11,13-14,19H,12,23H2,1-3H3,(H,24,26)(H,25,27). The first-order valence-electron chi connectivity index (χ1n) is 8.97. The highest BCUT2D eigenvalue weighted by Crippen LogP contribution is 2.17. The van der Waals surface area contributed by atoms with E-state index in [9.17, 15) is 9.59 Å². The zero-order valence-corrected chi connectivity index (χ0v) is 16.6. The van der Waals surface area contributed by atoms with Gasteiger partial charge in [0.05, 0.1) is 0 Å². The fourth-order valence-electron chi connectivity index (χ4n) is 2.56. The Balaban J connectivity index is 1.84. The lowest BCUT2D eigenvalue weighted by Gasteiger charge is -2.18. The average molecular weight is 388 g/mol. The van der Waals surface area contributed by atoms with E-state index in [2.05, 4.69) is 36.6 Å². The van der Waals surface area contributed by atoms with Crippen molar-refractivity contribution in [3.05, 3.63) is 70.2 Å².